The summed E-state index contributed by atoms with van der Waals surface area (Å²) in [5, 5.41) is 10.3. The van der Waals surface area contributed by atoms with E-state index in [1.807, 2.05) is 0 Å². The van der Waals surface area contributed by atoms with Crippen molar-refractivity contribution in [1.29, 1.82) is 0 Å². The molecule has 7 nitrogen and oxygen atoms in total. The molecular weight excluding hydrogens is 447 g/mol. The van der Waals surface area contributed by atoms with E-state index < -0.39 is 30.7 Å². The highest BCUT2D eigenvalue weighted by atomic mass is 19.4. The molecular formula is C21H13F5N6O. The van der Waals surface area contributed by atoms with E-state index in [2.05, 4.69) is 25.3 Å². The van der Waals surface area contributed by atoms with E-state index in [0.29, 0.717) is 22.5 Å². The number of hydrogen-bond acceptors (Lipinski definition) is 5. The number of alkyl halides is 3. The van der Waals surface area contributed by atoms with Gasteiger partial charge in [-0.25, -0.2) is 13.8 Å². The fourth-order valence-electron chi connectivity index (χ4n) is 3.45. The maximum Gasteiger partial charge on any atom is 0.389 e. The van der Waals surface area contributed by atoms with Gasteiger partial charge in [0, 0.05) is 23.7 Å². The van der Waals surface area contributed by atoms with Crippen molar-refractivity contribution in [2.24, 2.45) is 0 Å². The third kappa shape index (κ3) is 3.95. The molecule has 1 N–H and O–H groups in total. The lowest BCUT2D eigenvalue weighted by atomic mass is 10.0. The number of aromatic nitrogens is 6. The van der Waals surface area contributed by atoms with Crippen molar-refractivity contribution in [3.63, 3.8) is 0 Å². The minimum absolute atomic E-state index is 0.0596. The molecule has 0 saturated carbocycles. The SMILES string of the molecule is Fc1cccc(F)c1-c1[nH]ncc1-c1ccc2ncc(-c3noc(CCC(F)(F)F)n3)n2c1. The van der Waals surface area contributed by atoms with Gasteiger partial charge in [0.1, 0.15) is 23.0 Å². The molecule has 0 spiro atoms. The first-order chi connectivity index (χ1) is 15.8. The summed E-state index contributed by atoms with van der Waals surface area (Å²) in [5.41, 5.74) is 1.76. The van der Waals surface area contributed by atoms with Crippen molar-refractivity contribution in [2.75, 3.05) is 0 Å². The van der Waals surface area contributed by atoms with Crippen LogP contribution in [0.2, 0.25) is 0 Å². The van der Waals surface area contributed by atoms with Gasteiger partial charge in [-0.15, -0.1) is 0 Å². The summed E-state index contributed by atoms with van der Waals surface area (Å²) >= 11 is 0. The first kappa shape index (κ1) is 20.8. The molecule has 0 unspecified atom stereocenters. The number of imidazole rings is 1. The molecule has 0 radical (unpaired) electrons. The fraction of sp³-hybridized carbons (Fsp3) is 0.143. The number of rotatable bonds is 5. The van der Waals surface area contributed by atoms with Gasteiger partial charge in [-0.05, 0) is 24.3 Å². The van der Waals surface area contributed by atoms with Crippen LogP contribution in [-0.2, 0) is 6.42 Å². The predicted molar refractivity (Wildman–Crippen MR) is 106 cm³/mol. The minimum atomic E-state index is -4.34. The summed E-state index contributed by atoms with van der Waals surface area (Å²) in [7, 11) is 0. The summed E-state index contributed by atoms with van der Waals surface area (Å²) < 4.78 is 72.6. The average molecular weight is 460 g/mol. The Labute approximate surface area is 181 Å². The number of benzene rings is 1. The molecule has 5 aromatic rings. The molecule has 0 aliphatic rings. The number of H-pyrrole nitrogens is 1. The van der Waals surface area contributed by atoms with Crippen molar-refractivity contribution < 1.29 is 26.5 Å². The average Bonchev–Trinajstić information content (AvgIpc) is 3.50. The molecule has 1 aromatic carbocycles. The van der Waals surface area contributed by atoms with E-state index in [-0.39, 0.29) is 23.0 Å². The normalized spacial score (nSPS) is 12.0. The van der Waals surface area contributed by atoms with Crippen LogP contribution < -0.4 is 0 Å². The summed E-state index contributed by atoms with van der Waals surface area (Å²) in [4.78, 5) is 8.27. The van der Waals surface area contributed by atoms with Crippen LogP contribution in [0.3, 0.4) is 0 Å². The zero-order valence-corrected chi connectivity index (χ0v) is 16.6. The van der Waals surface area contributed by atoms with Crippen molar-refractivity contribution in [1.82, 2.24) is 29.7 Å². The number of nitrogens with zero attached hydrogens (tertiary/aromatic N) is 5. The standard InChI is InChI=1S/C21H13F5N6O/c22-13-2-1-3-14(23)18(13)19-12(8-28-30-19)11-4-5-16-27-9-15(32(16)10-11)20-29-17(33-31-20)6-7-21(24,25)26/h1-5,8-10H,6-7H2,(H,28,30). The third-order valence-electron chi connectivity index (χ3n) is 4.99. The number of hydrogen-bond donors (Lipinski definition) is 1. The van der Waals surface area contributed by atoms with Crippen LogP contribution in [0.25, 0.3) is 39.5 Å². The van der Waals surface area contributed by atoms with Crippen LogP contribution in [0.4, 0.5) is 22.0 Å². The van der Waals surface area contributed by atoms with Gasteiger partial charge in [-0.3, -0.25) is 9.50 Å². The second-order valence-corrected chi connectivity index (χ2v) is 7.17. The Hall–Kier alpha value is -4.09. The maximum absolute atomic E-state index is 14.3. The van der Waals surface area contributed by atoms with Crippen LogP contribution in [0.15, 0.2) is 53.4 Å². The molecule has 0 saturated heterocycles. The third-order valence-corrected chi connectivity index (χ3v) is 4.99. The molecule has 4 heterocycles. The zero-order valence-electron chi connectivity index (χ0n) is 16.6. The largest absolute Gasteiger partial charge is 0.389 e. The maximum atomic E-state index is 14.3. The first-order valence-corrected chi connectivity index (χ1v) is 9.65. The van der Waals surface area contributed by atoms with Crippen molar-refractivity contribution in [3.05, 3.63) is 66.4 Å². The predicted octanol–water partition coefficient (Wildman–Crippen LogP) is 5.21. The van der Waals surface area contributed by atoms with Crippen LogP contribution in [0, 0.1) is 11.6 Å². The highest BCUT2D eigenvalue weighted by Crippen LogP contribution is 2.34. The zero-order chi connectivity index (χ0) is 23.2. The van der Waals surface area contributed by atoms with Gasteiger partial charge in [0.25, 0.3) is 0 Å². The van der Waals surface area contributed by atoms with E-state index >= 15 is 0 Å². The highest BCUT2D eigenvalue weighted by molar-refractivity contribution is 5.81. The number of fused-ring (bicyclic) bond motifs is 1. The van der Waals surface area contributed by atoms with E-state index in [0.717, 1.165) is 12.1 Å². The molecule has 5 rings (SSSR count). The van der Waals surface area contributed by atoms with Crippen LogP contribution in [0.1, 0.15) is 12.3 Å². The Morgan fingerprint density at radius 3 is 2.58 bits per heavy atom. The topological polar surface area (TPSA) is 84.9 Å². The number of pyridine rings is 1. The monoisotopic (exact) mass is 460 g/mol. The molecule has 4 aromatic heterocycles. The summed E-state index contributed by atoms with van der Waals surface area (Å²) in [6.45, 7) is 0. The number of nitrogens with one attached hydrogen (secondary N) is 1. The molecule has 0 atom stereocenters. The Balaban J connectivity index is 1.54. The number of halogens is 5. The number of aromatic amines is 1. The van der Waals surface area contributed by atoms with Gasteiger partial charge in [-0.2, -0.15) is 23.3 Å². The first-order valence-electron chi connectivity index (χ1n) is 9.65. The lowest BCUT2D eigenvalue weighted by Crippen LogP contribution is -2.08. The van der Waals surface area contributed by atoms with E-state index in [1.54, 1.807) is 22.7 Å². The lowest BCUT2D eigenvalue weighted by Gasteiger charge is -2.07. The molecule has 0 aliphatic carbocycles. The molecule has 0 fully saturated rings. The second kappa shape index (κ2) is 7.80. The molecule has 33 heavy (non-hydrogen) atoms. The Morgan fingerprint density at radius 1 is 1.03 bits per heavy atom. The summed E-state index contributed by atoms with van der Waals surface area (Å²) in [6, 6.07) is 6.92. The van der Waals surface area contributed by atoms with Crippen LogP contribution >= 0.6 is 0 Å². The Kier molecular flexibility index (Phi) is 4.91. The van der Waals surface area contributed by atoms with E-state index in [1.165, 1.54) is 18.5 Å². The van der Waals surface area contributed by atoms with Gasteiger partial charge < -0.3 is 4.52 Å². The fourth-order valence-corrected chi connectivity index (χ4v) is 3.45. The molecule has 0 bridgehead atoms. The number of aryl methyl sites for hydroxylation is 1. The van der Waals surface area contributed by atoms with Gasteiger partial charge in [0.15, 0.2) is 0 Å². The Bertz CT molecular complexity index is 1430. The molecule has 0 amide bonds. The van der Waals surface area contributed by atoms with Crippen LogP contribution in [-0.4, -0.2) is 35.9 Å². The summed E-state index contributed by atoms with van der Waals surface area (Å²) in [5.74, 6) is -1.59. The van der Waals surface area contributed by atoms with Gasteiger partial charge in [-0.1, -0.05) is 11.2 Å². The minimum Gasteiger partial charge on any atom is -0.339 e. The quantitative estimate of drug-likeness (QED) is 0.364. The van der Waals surface area contributed by atoms with E-state index in [4.69, 9.17) is 4.52 Å². The summed E-state index contributed by atoms with van der Waals surface area (Å²) in [6.07, 6.45) is -1.34. The molecule has 168 valence electrons. The van der Waals surface area contributed by atoms with Gasteiger partial charge >= 0.3 is 6.18 Å². The van der Waals surface area contributed by atoms with Crippen molar-refractivity contribution in [3.8, 4) is 33.9 Å². The van der Waals surface area contributed by atoms with Crippen molar-refractivity contribution >= 4 is 5.65 Å². The van der Waals surface area contributed by atoms with Gasteiger partial charge in [0.2, 0.25) is 11.7 Å². The highest BCUT2D eigenvalue weighted by Gasteiger charge is 2.28. The van der Waals surface area contributed by atoms with E-state index in [9.17, 15) is 22.0 Å². The van der Waals surface area contributed by atoms with Gasteiger partial charge in [0.05, 0.1) is 30.1 Å². The van der Waals surface area contributed by atoms with Crippen LogP contribution in [0.5, 0.6) is 0 Å². The van der Waals surface area contributed by atoms with Crippen molar-refractivity contribution in [2.45, 2.75) is 19.0 Å². The molecule has 12 heteroatoms. The molecule has 0 aliphatic heterocycles. The smallest absolute Gasteiger partial charge is 0.339 e. The second-order valence-electron chi connectivity index (χ2n) is 7.17. The Morgan fingerprint density at radius 2 is 1.82 bits per heavy atom. The lowest BCUT2D eigenvalue weighted by molar-refractivity contribution is -0.134.